The van der Waals surface area contributed by atoms with E-state index < -0.39 is 0 Å². The molecular formula is C20H23N3O2. The molecule has 0 spiro atoms. The van der Waals surface area contributed by atoms with Crippen LogP contribution in [0.2, 0.25) is 0 Å². The molecule has 5 heteroatoms. The van der Waals surface area contributed by atoms with Gasteiger partial charge in [-0.1, -0.05) is 6.07 Å². The standard InChI is InChI=1S/C20H23N3O2/c1-15-3-4-17(13-16(15)2)20(25)21-18-5-7-19(8-6-18)23-11-9-22(14-24)10-12-23/h3-8,13-14H,9-12H2,1-2H3,(H,21,25). The van der Waals surface area contributed by atoms with Crippen molar-refractivity contribution in [3.05, 3.63) is 59.2 Å². The highest BCUT2D eigenvalue weighted by atomic mass is 16.1. The Bertz CT molecular complexity index is 763. The first kappa shape index (κ1) is 17.0. The van der Waals surface area contributed by atoms with E-state index in [1.165, 1.54) is 5.56 Å². The van der Waals surface area contributed by atoms with Crippen molar-refractivity contribution in [3.63, 3.8) is 0 Å². The number of rotatable bonds is 4. The highest BCUT2D eigenvalue weighted by Gasteiger charge is 2.15. The van der Waals surface area contributed by atoms with Crippen LogP contribution in [0.3, 0.4) is 0 Å². The van der Waals surface area contributed by atoms with E-state index in [2.05, 4.69) is 10.2 Å². The zero-order valence-electron chi connectivity index (χ0n) is 14.7. The van der Waals surface area contributed by atoms with E-state index in [0.29, 0.717) is 5.56 Å². The zero-order valence-corrected chi connectivity index (χ0v) is 14.7. The molecule has 1 N–H and O–H groups in total. The number of benzene rings is 2. The van der Waals surface area contributed by atoms with Crippen molar-refractivity contribution < 1.29 is 9.59 Å². The van der Waals surface area contributed by atoms with Crippen molar-refractivity contribution in [2.75, 3.05) is 36.4 Å². The highest BCUT2D eigenvalue weighted by molar-refractivity contribution is 6.04. The van der Waals surface area contributed by atoms with E-state index in [9.17, 15) is 9.59 Å². The van der Waals surface area contributed by atoms with Gasteiger partial charge in [-0.15, -0.1) is 0 Å². The quantitative estimate of drug-likeness (QED) is 0.873. The molecule has 25 heavy (non-hydrogen) atoms. The SMILES string of the molecule is Cc1ccc(C(=O)Nc2ccc(N3CCN(C=O)CC3)cc2)cc1C. The molecule has 0 aliphatic carbocycles. The normalized spacial score (nSPS) is 14.3. The first-order valence-corrected chi connectivity index (χ1v) is 8.50. The molecule has 0 unspecified atom stereocenters. The van der Waals surface area contributed by atoms with Gasteiger partial charge in [0.25, 0.3) is 5.91 Å². The van der Waals surface area contributed by atoms with Crippen LogP contribution in [0.15, 0.2) is 42.5 Å². The average Bonchev–Trinajstić information content (AvgIpc) is 2.64. The summed E-state index contributed by atoms with van der Waals surface area (Å²) in [6, 6.07) is 13.6. The fraction of sp³-hybridized carbons (Fsp3) is 0.300. The summed E-state index contributed by atoms with van der Waals surface area (Å²) in [5.74, 6) is -0.101. The lowest BCUT2D eigenvalue weighted by Gasteiger charge is -2.34. The maximum Gasteiger partial charge on any atom is 0.255 e. The van der Waals surface area contributed by atoms with Crippen LogP contribution < -0.4 is 10.2 Å². The summed E-state index contributed by atoms with van der Waals surface area (Å²) in [5.41, 5.74) is 4.83. The number of nitrogens with zero attached hydrogens (tertiary/aromatic N) is 2. The maximum absolute atomic E-state index is 12.4. The summed E-state index contributed by atoms with van der Waals surface area (Å²) in [6.07, 6.45) is 0.906. The monoisotopic (exact) mass is 337 g/mol. The number of carbonyl (C=O) groups is 2. The minimum absolute atomic E-state index is 0.101. The van der Waals surface area contributed by atoms with Crippen molar-refractivity contribution in [3.8, 4) is 0 Å². The zero-order chi connectivity index (χ0) is 17.8. The number of hydrogen-bond acceptors (Lipinski definition) is 3. The third-order valence-corrected chi connectivity index (χ3v) is 4.72. The summed E-state index contributed by atoms with van der Waals surface area (Å²) < 4.78 is 0. The van der Waals surface area contributed by atoms with Gasteiger partial charge in [0.1, 0.15) is 0 Å². The molecule has 0 atom stereocenters. The molecule has 1 saturated heterocycles. The molecule has 0 radical (unpaired) electrons. The molecule has 0 bridgehead atoms. The second kappa shape index (κ2) is 7.38. The van der Waals surface area contributed by atoms with Gasteiger partial charge >= 0.3 is 0 Å². The minimum Gasteiger partial charge on any atom is -0.368 e. The van der Waals surface area contributed by atoms with Crippen molar-refractivity contribution in [2.45, 2.75) is 13.8 Å². The van der Waals surface area contributed by atoms with Crippen molar-refractivity contribution in [1.82, 2.24) is 4.90 Å². The fourth-order valence-electron chi connectivity index (χ4n) is 2.93. The Morgan fingerprint density at radius 3 is 2.24 bits per heavy atom. The van der Waals surface area contributed by atoms with Crippen LogP contribution in [0.25, 0.3) is 0 Å². The van der Waals surface area contributed by atoms with Crippen LogP contribution in [-0.4, -0.2) is 43.4 Å². The average molecular weight is 337 g/mol. The van der Waals surface area contributed by atoms with E-state index in [-0.39, 0.29) is 5.91 Å². The van der Waals surface area contributed by atoms with Gasteiger partial charge in [0.05, 0.1) is 0 Å². The Balaban J connectivity index is 1.63. The van der Waals surface area contributed by atoms with Crippen LogP contribution in [0.1, 0.15) is 21.5 Å². The van der Waals surface area contributed by atoms with E-state index >= 15 is 0 Å². The predicted octanol–water partition coefficient (Wildman–Crippen LogP) is 2.83. The largest absolute Gasteiger partial charge is 0.368 e. The van der Waals surface area contributed by atoms with Gasteiger partial charge in [0.2, 0.25) is 6.41 Å². The third kappa shape index (κ3) is 3.99. The van der Waals surface area contributed by atoms with Gasteiger partial charge in [-0.3, -0.25) is 9.59 Å². The molecule has 2 aromatic carbocycles. The van der Waals surface area contributed by atoms with E-state index in [1.807, 2.05) is 56.3 Å². The number of aryl methyl sites for hydroxylation is 2. The van der Waals surface area contributed by atoms with E-state index in [1.54, 1.807) is 4.90 Å². The molecule has 2 amide bonds. The van der Waals surface area contributed by atoms with Gasteiger partial charge in [-0.25, -0.2) is 0 Å². The lowest BCUT2D eigenvalue weighted by molar-refractivity contribution is -0.118. The molecule has 0 saturated carbocycles. The minimum atomic E-state index is -0.101. The summed E-state index contributed by atoms with van der Waals surface area (Å²) >= 11 is 0. The number of carbonyl (C=O) groups excluding carboxylic acids is 2. The number of anilines is 2. The van der Waals surface area contributed by atoms with E-state index in [4.69, 9.17) is 0 Å². The second-order valence-electron chi connectivity index (χ2n) is 6.43. The Labute approximate surface area is 148 Å². The summed E-state index contributed by atoms with van der Waals surface area (Å²) in [4.78, 5) is 27.2. The molecule has 1 aliphatic rings. The number of piperazine rings is 1. The molecule has 5 nitrogen and oxygen atoms in total. The maximum atomic E-state index is 12.4. The summed E-state index contributed by atoms with van der Waals surface area (Å²) in [6.45, 7) is 7.18. The molecule has 130 valence electrons. The van der Waals surface area contributed by atoms with Crippen LogP contribution in [0, 0.1) is 13.8 Å². The number of nitrogens with one attached hydrogen (secondary N) is 1. The molecule has 1 aliphatic heterocycles. The van der Waals surface area contributed by atoms with Crippen LogP contribution in [0.5, 0.6) is 0 Å². The molecule has 2 aromatic rings. The third-order valence-electron chi connectivity index (χ3n) is 4.72. The van der Waals surface area contributed by atoms with Crippen molar-refractivity contribution >= 4 is 23.7 Å². The topological polar surface area (TPSA) is 52.7 Å². The molecular weight excluding hydrogens is 314 g/mol. The van der Waals surface area contributed by atoms with Crippen LogP contribution >= 0.6 is 0 Å². The predicted molar refractivity (Wildman–Crippen MR) is 100 cm³/mol. The van der Waals surface area contributed by atoms with Gasteiger partial charge < -0.3 is 15.1 Å². The summed E-state index contributed by atoms with van der Waals surface area (Å²) in [5, 5.41) is 2.94. The highest BCUT2D eigenvalue weighted by Crippen LogP contribution is 2.20. The van der Waals surface area contributed by atoms with Gasteiger partial charge in [0, 0.05) is 43.1 Å². The molecule has 3 rings (SSSR count). The van der Waals surface area contributed by atoms with Gasteiger partial charge in [-0.2, -0.15) is 0 Å². The Hall–Kier alpha value is -2.82. The second-order valence-corrected chi connectivity index (χ2v) is 6.43. The molecule has 1 heterocycles. The van der Waals surface area contributed by atoms with E-state index in [0.717, 1.165) is 49.5 Å². The first-order valence-electron chi connectivity index (χ1n) is 8.50. The summed E-state index contributed by atoms with van der Waals surface area (Å²) in [7, 11) is 0. The Morgan fingerprint density at radius 1 is 0.960 bits per heavy atom. The number of hydrogen-bond donors (Lipinski definition) is 1. The number of amides is 2. The fourth-order valence-corrected chi connectivity index (χ4v) is 2.93. The van der Waals surface area contributed by atoms with Crippen LogP contribution in [0.4, 0.5) is 11.4 Å². The van der Waals surface area contributed by atoms with Crippen molar-refractivity contribution in [1.29, 1.82) is 0 Å². The lowest BCUT2D eigenvalue weighted by atomic mass is 10.1. The van der Waals surface area contributed by atoms with Gasteiger partial charge in [0.15, 0.2) is 0 Å². The van der Waals surface area contributed by atoms with Crippen molar-refractivity contribution in [2.24, 2.45) is 0 Å². The molecule has 1 fully saturated rings. The lowest BCUT2D eigenvalue weighted by Crippen LogP contribution is -2.45. The van der Waals surface area contributed by atoms with Crippen LogP contribution in [-0.2, 0) is 4.79 Å². The van der Waals surface area contributed by atoms with Gasteiger partial charge in [-0.05, 0) is 61.4 Å². The smallest absolute Gasteiger partial charge is 0.255 e. The Morgan fingerprint density at radius 2 is 1.64 bits per heavy atom. The first-order chi connectivity index (χ1) is 12.1. The Kier molecular flexibility index (Phi) is 5.03. The molecule has 0 aromatic heterocycles.